The van der Waals surface area contributed by atoms with Crippen molar-refractivity contribution in [1.29, 1.82) is 0 Å². The van der Waals surface area contributed by atoms with Crippen molar-refractivity contribution in [3.63, 3.8) is 0 Å². The maximum atomic E-state index is 11.6. The first-order chi connectivity index (χ1) is 7.84. The third-order valence-electron chi connectivity index (χ3n) is 2.18. The number of aromatic nitrogens is 2. The van der Waals surface area contributed by atoms with Gasteiger partial charge in [0, 0.05) is 31.0 Å². The first kappa shape index (κ1) is 10.4. The van der Waals surface area contributed by atoms with Gasteiger partial charge < -0.3 is 5.32 Å². The summed E-state index contributed by atoms with van der Waals surface area (Å²) in [5.74, 6) is 0.00157. The Morgan fingerprint density at radius 2 is 2.06 bits per heavy atom. The fraction of sp³-hybridized carbons (Fsp3) is 0.167. The highest BCUT2D eigenvalue weighted by atomic mass is 16.1. The zero-order valence-electron chi connectivity index (χ0n) is 8.84. The van der Waals surface area contributed by atoms with E-state index in [2.05, 4.69) is 10.4 Å². The summed E-state index contributed by atoms with van der Waals surface area (Å²) in [7, 11) is 0. The number of nitrogens with one attached hydrogen (secondary N) is 1. The van der Waals surface area contributed by atoms with E-state index in [9.17, 15) is 4.79 Å². The van der Waals surface area contributed by atoms with Crippen molar-refractivity contribution in [2.75, 3.05) is 5.32 Å². The Morgan fingerprint density at radius 3 is 2.75 bits per heavy atom. The summed E-state index contributed by atoms with van der Waals surface area (Å²) < 4.78 is 1.74. The number of hydrogen-bond donors (Lipinski definition) is 1. The molecule has 0 aliphatic heterocycles. The SMILES string of the molecule is O=C(CCn1cccn1)Nc1ccccc1. The molecule has 1 aromatic carbocycles. The van der Waals surface area contributed by atoms with Crippen LogP contribution >= 0.6 is 0 Å². The molecule has 4 heteroatoms. The molecular formula is C12H13N3O. The van der Waals surface area contributed by atoms with Crippen LogP contribution in [0.3, 0.4) is 0 Å². The van der Waals surface area contributed by atoms with Crippen LogP contribution in [0.2, 0.25) is 0 Å². The number of carbonyl (C=O) groups excluding carboxylic acids is 1. The smallest absolute Gasteiger partial charge is 0.226 e. The second kappa shape index (κ2) is 5.11. The topological polar surface area (TPSA) is 46.9 Å². The minimum atomic E-state index is 0.00157. The van der Waals surface area contributed by atoms with Crippen molar-refractivity contribution in [2.24, 2.45) is 0 Å². The van der Waals surface area contributed by atoms with E-state index < -0.39 is 0 Å². The quantitative estimate of drug-likeness (QED) is 0.846. The van der Waals surface area contributed by atoms with Crippen LogP contribution in [0.1, 0.15) is 6.42 Å². The summed E-state index contributed by atoms with van der Waals surface area (Å²) in [6, 6.07) is 11.3. The van der Waals surface area contributed by atoms with E-state index in [0.29, 0.717) is 13.0 Å². The number of anilines is 1. The molecule has 1 amide bonds. The van der Waals surface area contributed by atoms with E-state index in [1.54, 1.807) is 10.9 Å². The average molecular weight is 215 g/mol. The van der Waals surface area contributed by atoms with Crippen LogP contribution in [0.15, 0.2) is 48.8 Å². The zero-order valence-corrected chi connectivity index (χ0v) is 8.84. The molecule has 82 valence electrons. The summed E-state index contributed by atoms with van der Waals surface area (Å²) in [6.07, 6.45) is 3.97. The molecule has 0 spiro atoms. The van der Waals surface area contributed by atoms with E-state index in [0.717, 1.165) is 5.69 Å². The largest absolute Gasteiger partial charge is 0.326 e. The van der Waals surface area contributed by atoms with Crippen LogP contribution in [0.25, 0.3) is 0 Å². The van der Waals surface area contributed by atoms with Crippen LogP contribution in [-0.2, 0) is 11.3 Å². The van der Waals surface area contributed by atoms with Gasteiger partial charge in [0.15, 0.2) is 0 Å². The van der Waals surface area contributed by atoms with E-state index in [-0.39, 0.29) is 5.91 Å². The Balaban J connectivity index is 1.81. The highest BCUT2D eigenvalue weighted by Crippen LogP contribution is 2.05. The van der Waals surface area contributed by atoms with E-state index >= 15 is 0 Å². The first-order valence-corrected chi connectivity index (χ1v) is 5.17. The van der Waals surface area contributed by atoms with Crippen LogP contribution < -0.4 is 5.32 Å². The maximum absolute atomic E-state index is 11.6. The fourth-order valence-corrected chi connectivity index (χ4v) is 1.39. The van der Waals surface area contributed by atoms with Crippen LogP contribution in [0.5, 0.6) is 0 Å². The molecule has 0 radical (unpaired) electrons. The molecule has 2 aromatic rings. The number of amides is 1. The molecule has 0 fully saturated rings. The van der Waals surface area contributed by atoms with Gasteiger partial charge in [-0.2, -0.15) is 5.10 Å². The minimum absolute atomic E-state index is 0.00157. The van der Waals surface area contributed by atoms with Gasteiger partial charge in [0.2, 0.25) is 5.91 Å². The van der Waals surface area contributed by atoms with Gasteiger partial charge in [0.1, 0.15) is 0 Å². The Kier molecular flexibility index (Phi) is 3.33. The molecule has 0 saturated carbocycles. The van der Waals surface area contributed by atoms with Gasteiger partial charge in [-0.1, -0.05) is 18.2 Å². The van der Waals surface area contributed by atoms with Gasteiger partial charge in [0.25, 0.3) is 0 Å². The predicted molar refractivity (Wildman–Crippen MR) is 61.9 cm³/mol. The number of rotatable bonds is 4. The summed E-state index contributed by atoms with van der Waals surface area (Å²) in [5.41, 5.74) is 0.827. The van der Waals surface area contributed by atoms with E-state index in [1.807, 2.05) is 42.6 Å². The number of hydrogen-bond acceptors (Lipinski definition) is 2. The van der Waals surface area contributed by atoms with Crippen LogP contribution in [0.4, 0.5) is 5.69 Å². The van der Waals surface area contributed by atoms with Crippen LogP contribution in [-0.4, -0.2) is 15.7 Å². The molecule has 0 aliphatic rings. The van der Waals surface area contributed by atoms with Gasteiger partial charge in [0.05, 0.1) is 0 Å². The first-order valence-electron chi connectivity index (χ1n) is 5.17. The monoisotopic (exact) mass is 215 g/mol. The van der Waals surface area contributed by atoms with Crippen molar-refractivity contribution < 1.29 is 4.79 Å². The molecule has 0 bridgehead atoms. The van der Waals surface area contributed by atoms with Crippen molar-refractivity contribution in [3.05, 3.63) is 48.8 Å². The lowest BCUT2D eigenvalue weighted by molar-refractivity contribution is -0.116. The van der Waals surface area contributed by atoms with Crippen molar-refractivity contribution in [1.82, 2.24) is 9.78 Å². The molecule has 2 rings (SSSR count). The molecule has 0 unspecified atom stereocenters. The number of carbonyl (C=O) groups is 1. The van der Waals surface area contributed by atoms with Gasteiger partial charge in [-0.25, -0.2) is 0 Å². The summed E-state index contributed by atoms with van der Waals surface area (Å²) in [4.78, 5) is 11.6. The normalized spacial score (nSPS) is 10.0. The lowest BCUT2D eigenvalue weighted by Crippen LogP contribution is -2.14. The zero-order chi connectivity index (χ0) is 11.2. The standard InChI is InChI=1S/C12H13N3O/c16-12(7-10-15-9-4-8-13-15)14-11-5-2-1-3-6-11/h1-6,8-9H,7,10H2,(H,14,16). The Labute approximate surface area is 93.9 Å². The van der Waals surface area contributed by atoms with Gasteiger partial charge >= 0.3 is 0 Å². The summed E-state index contributed by atoms with van der Waals surface area (Å²) >= 11 is 0. The minimum Gasteiger partial charge on any atom is -0.326 e. The highest BCUT2D eigenvalue weighted by molar-refractivity contribution is 5.90. The van der Waals surface area contributed by atoms with Gasteiger partial charge in [-0.3, -0.25) is 9.48 Å². The Morgan fingerprint density at radius 1 is 1.25 bits per heavy atom. The molecule has 0 aliphatic carbocycles. The van der Waals surface area contributed by atoms with E-state index in [1.165, 1.54) is 0 Å². The van der Waals surface area contributed by atoms with Crippen molar-refractivity contribution >= 4 is 11.6 Å². The van der Waals surface area contributed by atoms with Gasteiger partial charge in [-0.15, -0.1) is 0 Å². The number of benzene rings is 1. The number of nitrogens with zero attached hydrogens (tertiary/aromatic N) is 2. The third kappa shape index (κ3) is 2.95. The summed E-state index contributed by atoms with van der Waals surface area (Å²) in [5, 5.41) is 6.86. The molecule has 1 heterocycles. The molecular weight excluding hydrogens is 202 g/mol. The molecule has 1 N–H and O–H groups in total. The van der Waals surface area contributed by atoms with Crippen LogP contribution in [0, 0.1) is 0 Å². The molecule has 16 heavy (non-hydrogen) atoms. The molecule has 4 nitrogen and oxygen atoms in total. The number of aryl methyl sites for hydroxylation is 1. The summed E-state index contributed by atoms with van der Waals surface area (Å²) in [6.45, 7) is 0.603. The molecule has 0 saturated heterocycles. The Bertz CT molecular complexity index is 437. The highest BCUT2D eigenvalue weighted by Gasteiger charge is 2.01. The molecule has 0 atom stereocenters. The van der Waals surface area contributed by atoms with E-state index in [4.69, 9.17) is 0 Å². The second-order valence-electron chi connectivity index (χ2n) is 3.43. The predicted octanol–water partition coefficient (Wildman–Crippen LogP) is 1.91. The number of para-hydroxylation sites is 1. The lowest BCUT2D eigenvalue weighted by atomic mass is 10.3. The fourth-order valence-electron chi connectivity index (χ4n) is 1.39. The maximum Gasteiger partial charge on any atom is 0.226 e. The third-order valence-corrected chi connectivity index (χ3v) is 2.18. The molecule has 1 aromatic heterocycles. The lowest BCUT2D eigenvalue weighted by Gasteiger charge is -2.04. The van der Waals surface area contributed by atoms with Crippen molar-refractivity contribution in [3.8, 4) is 0 Å². The average Bonchev–Trinajstić information content (AvgIpc) is 2.81. The van der Waals surface area contributed by atoms with Crippen molar-refractivity contribution in [2.45, 2.75) is 13.0 Å². The Hall–Kier alpha value is -2.10. The van der Waals surface area contributed by atoms with Gasteiger partial charge in [-0.05, 0) is 18.2 Å². The second-order valence-corrected chi connectivity index (χ2v) is 3.43.